The molecule has 0 aliphatic carbocycles. The van der Waals surface area contributed by atoms with Crippen molar-refractivity contribution in [2.75, 3.05) is 4.90 Å². The van der Waals surface area contributed by atoms with E-state index < -0.39 is 0 Å². The lowest BCUT2D eigenvalue weighted by Crippen LogP contribution is -2.35. The molecule has 3 nitrogen and oxygen atoms in total. The topological polar surface area (TPSA) is 33.2 Å². The zero-order chi connectivity index (χ0) is 15.8. The molecule has 1 atom stereocenters. The van der Waals surface area contributed by atoms with Crippen LogP contribution in [0.15, 0.2) is 60.0 Å². The van der Waals surface area contributed by atoms with Gasteiger partial charge < -0.3 is 4.90 Å². The Morgan fingerprint density at radius 1 is 1.13 bits per heavy atom. The average molecular weight is 320 g/mol. The van der Waals surface area contributed by atoms with Gasteiger partial charge in [0.15, 0.2) is 0 Å². The molecule has 1 aromatic heterocycles. The van der Waals surface area contributed by atoms with Crippen LogP contribution in [-0.4, -0.2) is 16.9 Å². The van der Waals surface area contributed by atoms with Crippen LogP contribution in [0.25, 0.3) is 10.6 Å². The van der Waals surface area contributed by atoms with Gasteiger partial charge in [0.25, 0.3) is 5.91 Å². The highest BCUT2D eigenvalue weighted by Crippen LogP contribution is 2.33. The number of amides is 1. The molecule has 3 aromatic rings. The molecule has 0 bridgehead atoms. The lowest BCUT2D eigenvalue weighted by molar-refractivity contribution is 0.0977. The Kier molecular flexibility index (Phi) is 3.46. The zero-order valence-electron chi connectivity index (χ0n) is 12.8. The molecule has 0 saturated heterocycles. The number of thiazole rings is 1. The summed E-state index contributed by atoms with van der Waals surface area (Å²) in [5.74, 6) is -0.0131. The molecule has 4 rings (SSSR count). The first-order valence-electron chi connectivity index (χ1n) is 7.66. The van der Waals surface area contributed by atoms with Gasteiger partial charge in [0.05, 0.1) is 0 Å². The molecule has 1 aliphatic rings. The van der Waals surface area contributed by atoms with Gasteiger partial charge in [-0.1, -0.05) is 48.5 Å². The summed E-state index contributed by atoms with van der Waals surface area (Å²) >= 11 is 1.51. The van der Waals surface area contributed by atoms with E-state index in [0.29, 0.717) is 5.69 Å². The van der Waals surface area contributed by atoms with E-state index in [2.05, 4.69) is 18.0 Å². The number of anilines is 1. The number of hydrogen-bond donors (Lipinski definition) is 0. The monoisotopic (exact) mass is 320 g/mol. The maximum absolute atomic E-state index is 12.9. The predicted molar refractivity (Wildman–Crippen MR) is 94.0 cm³/mol. The van der Waals surface area contributed by atoms with Crippen LogP contribution in [0.4, 0.5) is 5.69 Å². The van der Waals surface area contributed by atoms with Gasteiger partial charge in [0.2, 0.25) is 0 Å². The second-order valence-corrected chi connectivity index (χ2v) is 6.62. The molecule has 0 unspecified atom stereocenters. The van der Waals surface area contributed by atoms with Gasteiger partial charge in [-0.15, -0.1) is 11.3 Å². The largest absolute Gasteiger partial charge is 0.304 e. The molecule has 0 spiro atoms. The first-order valence-corrected chi connectivity index (χ1v) is 8.54. The highest BCUT2D eigenvalue weighted by Gasteiger charge is 2.32. The van der Waals surface area contributed by atoms with Crippen molar-refractivity contribution in [1.82, 2.24) is 4.98 Å². The Morgan fingerprint density at radius 2 is 1.87 bits per heavy atom. The van der Waals surface area contributed by atoms with Crippen molar-refractivity contribution in [3.05, 3.63) is 71.2 Å². The second kappa shape index (κ2) is 5.63. The molecule has 2 heterocycles. The van der Waals surface area contributed by atoms with E-state index in [1.807, 2.05) is 58.8 Å². The van der Waals surface area contributed by atoms with Gasteiger partial charge >= 0.3 is 0 Å². The number of fused-ring (bicyclic) bond motifs is 1. The van der Waals surface area contributed by atoms with Crippen molar-refractivity contribution in [3.63, 3.8) is 0 Å². The Hall–Kier alpha value is -2.46. The molecular formula is C19H16N2OS. The standard InChI is InChI=1S/C19H16N2OS/c1-13-11-15-9-5-6-10-17(15)21(13)19(22)16-12-23-18(20-16)14-7-3-2-4-8-14/h2-10,12-13H,11H2,1H3/t13-/m0/s1. The molecule has 0 radical (unpaired) electrons. The number of nitrogens with zero attached hydrogens (tertiary/aromatic N) is 2. The quantitative estimate of drug-likeness (QED) is 0.701. The van der Waals surface area contributed by atoms with Gasteiger partial charge in [0, 0.05) is 22.7 Å². The number of aromatic nitrogens is 1. The van der Waals surface area contributed by atoms with Crippen LogP contribution in [0.2, 0.25) is 0 Å². The van der Waals surface area contributed by atoms with E-state index in [-0.39, 0.29) is 11.9 Å². The van der Waals surface area contributed by atoms with Crippen molar-refractivity contribution in [2.45, 2.75) is 19.4 Å². The number of carbonyl (C=O) groups is 1. The zero-order valence-corrected chi connectivity index (χ0v) is 13.6. The fourth-order valence-corrected chi connectivity index (χ4v) is 3.88. The summed E-state index contributed by atoms with van der Waals surface area (Å²) in [6.07, 6.45) is 0.900. The van der Waals surface area contributed by atoms with Crippen molar-refractivity contribution in [2.24, 2.45) is 0 Å². The molecule has 23 heavy (non-hydrogen) atoms. The van der Waals surface area contributed by atoms with Gasteiger partial charge in [-0.3, -0.25) is 4.79 Å². The lowest BCUT2D eigenvalue weighted by atomic mass is 10.1. The molecule has 0 fully saturated rings. The van der Waals surface area contributed by atoms with Crippen LogP contribution in [0, 0.1) is 0 Å². The van der Waals surface area contributed by atoms with E-state index >= 15 is 0 Å². The highest BCUT2D eigenvalue weighted by molar-refractivity contribution is 7.13. The Balaban J connectivity index is 1.67. The van der Waals surface area contributed by atoms with Crippen LogP contribution in [0.5, 0.6) is 0 Å². The van der Waals surface area contributed by atoms with Crippen LogP contribution >= 0.6 is 11.3 Å². The minimum absolute atomic E-state index is 0.0131. The highest BCUT2D eigenvalue weighted by atomic mass is 32.1. The molecule has 1 amide bonds. The Bertz CT molecular complexity index is 857. The second-order valence-electron chi connectivity index (χ2n) is 5.76. The van der Waals surface area contributed by atoms with Gasteiger partial charge in [-0.2, -0.15) is 0 Å². The first kappa shape index (κ1) is 14.2. The summed E-state index contributed by atoms with van der Waals surface area (Å²) in [6, 6.07) is 18.3. The first-order chi connectivity index (χ1) is 11.2. The molecule has 4 heteroatoms. The average Bonchev–Trinajstić information content (AvgIpc) is 3.19. The van der Waals surface area contributed by atoms with Crippen LogP contribution in [-0.2, 0) is 6.42 Å². The smallest absolute Gasteiger partial charge is 0.278 e. The normalized spacial score (nSPS) is 16.4. The number of rotatable bonds is 2. The van der Waals surface area contributed by atoms with Gasteiger partial charge in [0.1, 0.15) is 10.7 Å². The van der Waals surface area contributed by atoms with Crippen molar-refractivity contribution >= 4 is 22.9 Å². The van der Waals surface area contributed by atoms with Crippen LogP contribution in [0.3, 0.4) is 0 Å². The van der Waals surface area contributed by atoms with Crippen LogP contribution in [0.1, 0.15) is 23.0 Å². The maximum Gasteiger partial charge on any atom is 0.278 e. The maximum atomic E-state index is 12.9. The van der Waals surface area contributed by atoms with Crippen LogP contribution < -0.4 is 4.90 Å². The van der Waals surface area contributed by atoms with E-state index in [1.54, 1.807) is 0 Å². The Labute approximate surface area is 139 Å². The predicted octanol–water partition coefficient (Wildman–Crippen LogP) is 4.40. The molecular weight excluding hydrogens is 304 g/mol. The molecule has 114 valence electrons. The SMILES string of the molecule is C[C@H]1Cc2ccccc2N1C(=O)c1csc(-c2ccccc2)n1. The fourth-order valence-electron chi connectivity index (χ4n) is 3.08. The number of carbonyl (C=O) groups excluding carboxylic acids is 1. The van der Waals surface area contributed by atoms with Gasteiger partial charge in [-0.25, -0.2) is 4.98 Å². The summed E-state index contributed by atoms with van der Waals surface area (Å²) in [4.78, 5) is 19.4. The third-order valence-corrected chi connectivity index (χ3v) is 5.06. The Morgan fingerprint density at radius 3 is 2.70 bits per heavy atom. The number of hydrogen-bond acceptors (Lipinski definition) is 3. The number of benzene rings is 2. The van der Waals surface area contributed by atoms with E-state index in [0.717, 1.165) is 22.7 Å². The molecule has 2 aromatic carbocycles. The van der Waals surface area contributed by atoms with E-state index in [4.69, 9.17) is 0 Å². The molecule has 1 aliphatic heterocycles. The van der Waals surface area contributed by atoms with Crippen molar-refractivity contribution in [1.29, 1.82) is 0 Å². The summed E-state index contributed by atoms with van der Waals surface area (Å²) < 4.78 is 0. The number of para-hydroxylation sites is 1. The van der Waals surface area contributed by atoms with Crippen molar-refractivity contribution < 1.29 is 4.79 Å². The van der Waals surface area contributed by atoms with E-state index in [1.165, 1.54) is 16.9 Å². The minimum atomic E-state index is -0.0131. The van der Waals surface area contributed by atoms with Gasteiger partial charge in [-0.05, 0) is 25.0 Å². The summed E-state index contributed by atoms with van der Waals surface area (Å²) in [7, 11) is 0. The molecule has 0 N–H and O–H groups in total. The third-order valence-electron chi connectivity index (χ3n) is 4.17. The minimum Gasteiger partial charge on any atom is -0.304 e. The van der Waals surface area contributed by atoms with Crippen molar-refractivity contribution in [3.8, 4) is 10.6 Å². The van der Waals surface area contributed by atoms with E-state index in [9.17, 15) is 4.79 Å². The fraction of sp³-hybridized carbons (Fsp3) is 0.158. The summed E-state index contributed by atoms with van der Waals surface area (Å²) in [5.41, 5.74) is 3.81. The molecule has 0 saturated carbocycles. The lowest BCUT2D eigenvalue weighted by Gasteiger charge is -2.21. The summed E-state index contributed by atoms with van der Waals surface area (Å²) in [5, 5.41) is 2.74. The third kappa shape index (κ3) is 2.45. The summed E-state index contributed by atoms with van der Waals surface area (Å²) in [6.45, 7) is 2.09.